The number of benzene rings is 1. The van der Waals surface area contributed by atoms with Gasteiger partial charge in [0.2, 0.25) is 10.0 Å². The van der Waals surface area contributed by atoms with Crippen molar-refractivity contribution in [2.24, 2.45) is 0 Å². The molecule has 1 unspecified atom stereocenters. The van der Waals surface area contributed by atoms with Crippen LogP contribution in [0.5, 0.6) is 0 Å². The lowest BCUT2D eigenvalue weighted by atomic mass is 10.2. The number of nitrogens with zero attached hydrogens (tertiary/aromatic N) is 2. The minimum Gasteiger partial charge on any atom is -0.395 e. The minimum absolute atomic E-state index is 0.140. The van der Waals surface area contributed by atoms with E-state index < -0.39 is 26.7 Å². The van der Waals surface area contributed by atoms with Crippen LogP contribution in [0.25, 0.3) is 0 Å². The van der Waals surface area contributed by atoms with Gasteiger partial charge in [-0.2, -0.15) is 4.31 Å². The molecule has 21 heavy (non-hydrogen) atoms. The van der Waals surface area contributed by atoms with Crippen LogP contribution >= 0.6 is 0 Å². The topological polar surface area (TPSA) is 113 Å². The molecule has 0 aromatic heterocycles. The molecular weight excluding hydrogens is 298 g/mol. The standard InChI is InChI=1S/C12H17N3O5S/c1-13-10-5-2-6-11(12(10)15(17)18)21(19,20)14-7-3-4-9(14)8-16/h2,5-6,9,13,16H,3-4,7-8H2,1H3. The average Bonchev–Trinajstić information content (AvgIpc) is 2.95. The highest BCUT2D eigenvalue weighted by Crippen LogP contribution is 2.35. The van der Waals surface area contributed by atoms with Crippen molar-refractivity contribution >= 4 is 21.4 Å². The summed E-state index contributed by atoms with van der Waals surface area (Å²) in [5.41, 5.74) is -0.329. The first kappa shape index (κ1) is 15.7. The number of nitro groups is 1. The molecule has 2 rings (SSSR count). The fourth-order valence-electron chi connectivity index (χ4n) is 2.55. The van der Waals surface area contributed by atoms with Crippen LogP contribution in [0.2, 0.25) is 0 Å². The van der Waals surface area contributed by atoms with E-state index in [0.717, 1.165) is 4.31 Å². The predicted octanol–water partition coefficient (Wildman–Crippen LogP) is 0.782. The second kappa shape index (κ2) is 5.96. The summed E-state index contributed by atoms with van der Waals surface area (Å²) < 4.78 is 26.5. The average molecular weight is 315 g/mol. The zero-order valence-electron chi connectivity index (χ0n) is 11.5. The third-order valence-electron chi connectivity index (χ3n) is 3.57. The summed E-state index contributed by atoms with van der Waals surface area (Å²) in [7, 11) is -2.53. The van der Waals surface area contributed by atoms with Crippen LogP contribution in [0.1, 0.15) is 12.8 Å². The quantitative estimate of drug-likeness (QED) is 0.613. The third-order valence-corrected chi connectivity index (χ3v) is 5.55. The zero-order valence-corrected chi connectivity index (χ0v) is 12.3. The van der Waals surface area contributed by atoms with Gasteiger partial charge in [-0.05, 0) is 25.0 Å². The molecule has 2 N–H and O–H groups in total. The summed E-state index contributed by atoms with van der Waals surface area (Å²) in [5, 5.41) is 23.2. The highest BCUT2D eigenvalue weighted by atomic mass is 32.2. The zero-order chi connectivity index (χ0) is 15.6. The van der Waals surface area contributed by atoms with Crippen LogP contribution in [0, 0.1) is 10.1 Å². The Morgan fingerprint density at radius 2 is 2.24 bits per heavy atom. The van der Waals surface area contributed by atoms with E-state index in [1.807, 2.05) is 0 Å². The monoisotopic (exact) mass is 315 g/mol. The van der Waals surface area contributed by atoms with E-state index in [1.165, 1.54) is 25.2 Å². The summed E-state index contributed by atoms with van der Waals surface area (Å²) in [4.78, 5) is 10.2. The molecule has 0 spiro atoms. The second-order valence-corrected chi connectivity index (χ2v) is 6.61. The molecule has 1 heterocycles. The summed E-state index contributed by atoms with van der Waals surface area (Å²) in [6, 6.07) is 3.61. The first-order valence-electron chi connectivity index (χ1n) is 6.51. The molecule has 1 aromatic carbocycles. The number of rotatable bonds is 5. The van der Waals surface area contributed by atoms with Crippen molar-refractivity contribution in [2.45, 2.75) is 23.8 Å². The number of anilines is 1. The van der Waals surface area contributed by atoms with Crippen molar-refractivity contribution in [1.29, 1.82) is 0 Å². The molecule has 116 valence electrons. The number of aliphatic hydroxyl groups excluding tert-OH is 1. The molecule has 0 aliphatic carbocycles. The van der Waals surface area contributed by atoms with Crippen molar-refractivity contribution in [1.82, 2.24) is 4.31 Å². The molecule has 0 radical (unpaired) electrons. The molecule has 1 aliphatic heterocycles. The summed E-state index contributed by atoms with van der Waals surface area (Å²) in [5.74, 6) is 0. The van der Waals surface area contributed by atoms with Gasteiger partial charge in [0.05, 0.1) is 11.5 Å². The molecular formula is C12H17N3O5S. The molecule has 1 fully saturated rings. The number of para-hydroxylation sites is 1. The van der Waals surface area contributed by atoms with Crippen LogP contribution in [0.15, 0.2) is 23.1 Å². The van der Waals surface area contributed by atoms with E-state index in [9.17, 15) is 23.6 Å². The Morgan fingerprint density at radius 1 is 1.52 bits per heavy atom. The van der Waals surface area contributed by atoms with E-state index in [2.05, 4.69) is 5.32 Å². The fraction of sp³-hybridized carbons (Fsp3) is 0.500. The van der Waals surface area contributed by atoms with Gasteiger partial charge in [-0.1, -0.05) is 6.07 Å². The highest BCUT2D eigenvalue weighted by molar-refractivity contribution is 7.89. The first-order valence-corrected chi connectivity index (χ1v) is 7.95. The van der Waals surface area contributed by atoms with Crippen molar-refractivity contribution in [3.8, 4) is 0 Å². The molecule has 1 aromatic rings. The molecule has 0 amide bonds. The smallest absolute Gasteiger partial charge is 0.312 e. The number of hydrogen-bond acceptors (Lipinski definition) is 6. The number of nitrogens with one attached hydrogen (secondary N) is 1. The molecule has 1 aliphatic rings. The number of hydrogen-bond donors (Lipinski definition) is 2. The maximum Gasteiger partial charge on any atom is 0.312 e. The maximum atomic E-state index is 12.7. The summed E-state index contributed by atoms with van der Waals surface area (Å²) in [6.45, 7) is -0.0345. The second-order valence-electron chi connectivity index (χ2n) is 4.75. The van der Waals surface area contributed by atoms with Gasteiger partial charge in [0.25, 0.3) is 0 Å². The minimum atomic E-state index is -4.02. The Hall–Kier alpha value is -1.71. The van der Waals surface area contributed by atoms with Gasteiger partial charge >= 0.3 is 5.69 Å². The van der Waals surface area contributed by atoms with Crippen molar-refractivity contribution < 1.29 is 18.4 Å². The lowest BCUT2D eigenvalue weighted by Gasteiger charge is -2.22. The Morgan fingerprint density at radius 3 is 2.81 bits per heavy atom. The van der Waals surface area contributed by atoms with E-state index in [-0.39, 0.29) is 23.7 Å². The van der Waals surface area contributed by atoms with Crippen LogP contribution < -0.4 is 5.32 Å². The first-order chi connectivity index (χ1) is 9.93. The van der Waals surface area contributed by atoms with Crippen LogP contribution in [-0.2, 0) is 10.0 Å². The summed E-state index contributed by atoms with van der Waals surface area (Å²) >= 11 is 0. The molecule has 0 saturated carbocycles. The summed E-state index contributed by atoms with van der Waals surface area (Å²) in [6.07, 6.45) is 1.18. The van der Waals surface area contributed by atoms with Gasteiger partial charge in [-0.25, -0.2) is 8.42 Å². The number of sulfonamides is 1. The molecule has 1 atom stereocenters. The van der Waals surface area contributed by atoms with Crippen molar-refractivity contribution in [3.05, 3.63) is 28.3 Å². The molecule has 0 bridgehead atoms. The molecule has 8 nitrogen and oxygen atoms in total. The van der Waals surface area contributed by atoms with Gasteiger partial charge in [-0.15, -0.1) is 0 Å². The third kappa shape index (κ3) is 2.71. The van der Waals surface area contributed by atoms with Gasteiger partial charge in [0.1, 0.15) is 5.69 Å². The largest absolute Gasteiger partial charge is 0.395 e. The molecule has 1 saturated heterocycles. The van der Waals surface area contributed by atoms with E-state index in [4.69, 9.17) is 0 Å². The Kier molecular flexibility index (Phi) is 4.45. The van der Waals surface area contributed by atoms with E-state index in [0.29, 0.717) is 12.8 Å². The Balaban J connectivity index is 2.57. The van der Waals surface area contributed by atoms with Crippen molar-refractivity contribution in [3.63, 3.8) is 0 Å². The lowest BCUT2D eigenvalue weighted by molar-refractivity contribution is -0.386. The van der Waals surface area contributed by atoms with Crippen LogP contribution in [0.4, 0.5) is 11.4 Å². The van der Waals surface area contributed by atoms with Gasteiger partial charge in [0.15, 0.2) is 4.90 Å². The molecule has 9 heteroatoms. The lowest BCUT2D eigenvalue weighted by Crippen LogP contribution is -2.37. The normalized spacial score (nSPS) is 19.6. The fourth-order valence-corrected chi connectivity index (χ4v) is 4.42. The Labute approximate surface area is 122 Å². The van der Waals surface area contributed by atoms with Crippen LogP contribution in [0.3, 0.4) is 0 Å². The van der Waals surface area contributed by atoms with Gasteiger partial charge in [0, 0.05) is 19.6 Å². The van der Waals surface area contributed by atoms with Crippen LogP contribution in [-0.4, -0.2) is 49.0 Å². The van der Waals surface area contributed by atoms with Crippen molar-refractivity contribution in [2.75, 3.05) is 25.5 Å². The Bertz CT molecular complexity index is 646. The SMILES string of the molecule is CNc1cccc(S(=O)(=O)N2CCCC2CO)c1[N+](=O)[O-]. The van der Waals surface area contributed by atoms with E-state index >= 15 is 0 Å². The highest BCUT2D eigenvalue weighted by Gasteiger charge is 2.39. The van der Waals surface area contributed by atoms with Gasteiger partial charge < -0.3 is 10.4 Å². The van der Waals surface area contributed by atoms with Gasteiger partial charge in [-0.3, -0.25) is 10.1 Å². The maximum absolute atomic E-state index is 12.7. The predicted molar refractivity (Wildman–Crippen MR) is 76.6 cm³/mol. The van der Waals surface area contributed by atoms with E-state index in [1.54, 1.807) is 0 Å². The number of aliphatic hydroxyl groups is 1. The number of nitro benzene ring substituents is 1.